The van der Waals surface area contributed by atoms with E-state index in [1.807, 2.05) is 36.4 Å². The van der Waals surface area contributed by atoms with Crippen LogP contribution in [0.25, 0.3) is 10.8 Å². The first-order chi connectivity index (χ1) is 13.2. The summed E-state index contributed by atoms with van der Waals surface area (Å²) in [6, 6.07) is 20.3. The van der Waals surface area contributed by atoms with Gasteiger partial charge in [-0.3, -0.25) is 9.59 Å². The van der Waals surface area contributed by atoms with E-state index in [0.717, 1.165) is 16.5 Å². The Labute approximate surface area is 157 Å². The van der Waals surface area contributed by atoms with Gasteiger partial charge < -0.3 is 20.1 Å². The summed E-state index contributed by atoms with van der Waals surface area (Å²) in [5, 5.41) is 7.06. The van der Waals surface area contributed by atoms with Gasteiger partial charge in [-0.2, -0.15) is 0 Å². The summed E-state index contributed by atoms with van der Waals surface area (Å²) in [5.74, 6) is -0.0249. The topological polar surface area (TPSA) is 76.7 Å². The fraction of sp³-hybridized carbons (Fsp3) is 0.143. The van der Waals surface area contributed by atoms with Crippen molar-refractivity contribution in [2.24, 2.45) is 0 Å². The molecule has 0 unspecified atom stereocenters. The van der Waals surface area contributed by atoms with Crippen molar-refractivity contribution in [1.82, 2.24) is 5.32 Å². The molecule has 138 valence electrons. The lowest BCUT2D eigenvalue weighted by Gasteiger charge is -2.10. The number of nitrogens with one attached hydrogen (secondary N) is 2. The lowest BCUT2D eigenvalue weighted by molar-refractivity contribution is -0.136. The molecule has 0 atom stereocenters. The lowest BCUT2D eigenvalue weighted by Crippen LogP contribution is -2.37. The van der Waals surface area contributed by atoms with Crippen molar-refractivity contribution in [3.8, 4) is 11.5 Å². The van der Waals surface area contributed by atoms with E-state index in [0.29, 0.717) is 11.4 Å². The smallest absolute Gasteiger partial charge is 0.313 e. The van der Waals surface area contributed by atoms with Crippen LogP contribution in [0.2, 0.25) is 0 Å². The minimum atomic E-state index is -0.712. The number of amides is 2. The molecule has 0 aromatic heterocycles. The Morgan fingerprint density at radius 3 is 2.33 bits per heavy atom. The van der Waals surface area contributed by atoms with Crippen LogP contribution in [0.15, 0.2) is 66.7 Å². The van der Waals surface area contributed by atoms with Crippen LogP contribution in [0, 0.1) is 0 Å². The highest BCUT2D eigenvalue weighted by atomic mass is 16.5. The first-order valence-electron chi connectivity index (χ1n) is 8.51. The molecule has 3 rings (SSSR count). The van der Waals surface area contributed by atoms with Crippen LogP contribution in [0.1, 0.15) is 0 Å². The number of hydrogen-bond acceptors (Lipinski definition) is 4. The molecule has 0 saturated heterocycles. The van der Waals surface area contributed by atoms with Crippen LogP contribution in [0.5, 0.6) is 11.5 Å². The Hall–Kier alpha value is -3.54. The number of anilines is 1. The molecule has 2 amide bonds. The van der Waals surface area contributed by atoms with Gasteiger partial charge in [-0.15, -0.1) is 0 Å². The molecule has 3 aromatic carbocycles. The average molecular weight is 364 g/mol. The fourth-order valence-electron chi connectivity index (χ4n) is 2.60. The van der Waals surface area contributed by atoms with Gasteiger partial charge >= 0.3 is 11.8 Å². The van der Waals surface area contributed by atoms with Gasteiger partial charge in [-0.05, 0) is 35.7 Å². The molecule has 0 aliphatic rings. The molecule has 0 aliphatic heterocycles. The quantitative estimate of drug-likeness (QED) is 0.521. The molecule has 6 heteroatoms. The molecule has 0 fully saturated rings. The third-order valence-corrected chi connectivity index (χ3v) is 3.96. The standard InChI is InChI=1S/C21H20N2O4/c1-26-16-9-11-17(12-10-16)27-14-13-22-20(24)21(25)23-19-8-4-6-15-5-2-3-7-18(15)19/h2-12H,13-14H2,1H3,(H,22,24)(H,23,25). The highest BCUT2D eigenvalue weighted by Crippen LogP contribution is 2.22. The van der Waals surface area contributed by atoms with E-state index in [4.69, 9.17) is 9.47 Å². The predicted molar refractivity (Wildman–Crippen MR) is 104 cm³/mol. The summed E-state index contributed by atoms with van der Waals surface area (Å²) >= 11 is 0. The van der Waals surface area contributed by atoms with Crippen LogP contribution in [-0.2, 0) is 9.59 Å². The lowest BCUT2D eigenvalue weighted by atomic mass is 10.1. The maximum Gasteiger partial charge on any atom is 0.313 e. The summed E-state index contributed by atoms with van der Waals surface area (Å²) in [7, 11) is 1.59. The maximum absolute atomic E-state index is 12.1. The van der Waals surface area contributed by atoms with Gasteiger partial charge in [-0.1, -0.05) is 36.4 Å². The fourth-order valence-corrected chi connectivity index (χ4v) is 2.60. The molecule has 3 aromatic rings. The van der Waals surface area contributed by atoms with Crippen LogP contribution < -0.4 is 20.1 Å². The van der Waals surface area contributed by atoms with Crippen molar-refractivity contribution in [3.05, 3.63) is 66.7 Å². The van der Waals surface area contributed by atoms with E-state index < -0.39 is 11.8 Å². The molecular formula is C21H20N2O4. The Bertz CT molecular complexity index is 933. The predicted octanol–water partition coefficient (Wildman–Crippen LogP) is 2.98. The Morgan fingerprint density at radius 1 is 0.852 bits per heavy atom. The molecule has 0 bridgehead atoms. The summed E-state index contributed by atoms with van der Waals surface area (Å²) in [6.45, 7) is 0.466. The number of fused-ring (bicyclic) bond motifs is 1. The van der Waals surface area contributed by atoms with E-state index >= 15 is 0 Å². The van der Waals surface area contributed by atoms with Crippen molar-refractivity contribution >= 4 is 28.3 Å². The normalized spacial score (nSPS) is 10.3. The first-order valence-corrected chi connectivity index (χ1v) is 8.51. The second-order valence-electron chi connectivity index (χ2n) is 5.76. The second-order valence-corrected chi connectivity index (χ2v) is 5.76. The van der Waals surface area contributed by atoms with E-state index in [1.54, 1.807) is 37.4 Å². The van der Waals surface area contributed by atoms with Gasteiger partial charge in [0.05, 0.1) is 13.7 Å². The van der Waals surface area contributed by atoms with E-state index in [9.17, 15) is 9.59 Å². The third kappa shape index (κ3) is 4.76. The van der Waals surface area contributed by atoms with Gasteiger partial charge in [0.25, 0.3) is 0 Å². The monoisotopic (exact) mass is 364 g/mol. The number of carbonyl (C=O) groups is 2. The minimum absolute atomic E-state index is 0.216. The van der Waals surface area contributed by atoms with Crippen molar-refractivity contribution in [2.45, 2.75) is 0 Å². The highest BCUT2D eigenvalue weighted by molar-refractivity contribution is 6.40. The third-order valence-electron chi connectivity index (χ3n) is 3.96. The number of methoxy groups -OCH3 is 1. The largest absolute Gasteiger partial charge is 0.497 e. The highest BCUT2D eigenvalue weighted by Gasteiger charge is 2.14. The average Bonchev–Trinajstić information content (AvgIpc) is 2.71. The van der Waals surface area contributed by atoms with Gasteiger partial charge in [0.15, 0.2) is 0 Å². The van der Waals surface area contributed by atoms with E-state index in [-0.39, 0.29) is 13.2 Å². The molecule has 0 saturated carbocycles. The van der Waals surface area contributed by atoms with Crippen LogP contribution in [0.3, 0.4) is 0 Å². The van der Waals surface area contributed by atoms with Crippen LogP contribution in [-0.4, -0.2) is 32.1 Å². The molecule has 0 spiro atoms. The summed E-state index contributed by atoms with van der Waals surface area (Å²) < 4.78 is 10.6. The molecule has 0 radical (unpaired) electrons. The summed E-state index contributed by atoms with van der Waals surface area (Å²) in [6.07, 6.45) is 0. The molecule has 2 N–H and O–H groups in total. The number of benzene rings is 3. The zero-order valence-corrected chi connectivity index (χ0v) is 14.9. The molecule has 6 nitrogen and oxygen atoms in total. The minimum Gasteiger partial charge on any atom is -0.497 e. The van der Waals surface area contributed by atoms with Crippen molar-refractivity contribution < 1.29 is 19.1 Å². The number of hydrogen-bond donors (Lipinski definition) is 2. The number of rotatable bonds is 6. The second kappa shape index (κ2) is 8.71. The summed E-state index contributed by atoms with van der Waals surface area (Å²) in [4.78, 5) is 24.1. The van der Waals surface area contributed by atoms with Gasteiger partial charge in [0.2, 0.25) is 0 Å². The Balaban J connectivity index is 1.48. The zero-order chi connectivity index (χ0) is 19.1. The first kappa shape index (κ1) is 18.3. The van der Waals surface area contributed by atoms with E-state index in [1.165, 1.54) is 0 Å². The number of carbonyl (C=O) groups excluding carboxylic acids is 2. The Kier molecular flexibility index (Phi) is 5.89. The zero-order valence-electron chi connectivity index (χ0n) is 14.9. The van der Waals surface area contributed by atoms with Crippen molar-refractivity contribution in [1.29, 1.82) is 0 Å². The van der Waals surface area contributed by atoms with Crippen LogP contribution >= 0.6 is 0 Å². The van der Waals surface area contributed by atoms with Crippen LogP contribution in [0.4, 0.5) is 5.69 Å². The van der Waals surface area contributed by atoms with Crippen molar-refractivity contribution in [2.75, 3.05) is 25.6 Å². The maximum atomic E-state index is 12.1. The summed E-state index contributed by atoms with van der Waals surface area (Å²) in [5.41, 5.74) is 0.600. The van der Waals surface area contributed by atoms with Crippen molar-refractivity contribution in [3.63, 3.8) is 0 Å². The molecule has 0 heterocycles. The Morgan fingerprint density at radius 2 is 1.56 bits per heavy atom. The number of ether oxygens (including phenoxy) is 2. The van der Waals surface area contributed by atoms with Gasteiger partial charge in [-0.25, -0.2) is 0 Å². The van der Waals surface area contributed by atoms with E-state index in [2.05, 4.69) is 10.6 Å². The van der Waals surface area contributed by atoms with Gasteiger partial charge in [0, 0.05) is 11.1 Å². The van der Waals surface area contributed by atoms with Gasteiger partial charge in [0.1, 0.15) is 18.1 Å². The molecule has 0 aliphatic carbocycles. The SMILES string of the molecule is COc1ccc(OCCNC(=O)C(=O)Nc2cccc3ccccc23)cc1. The molecule has 27 heavy (non-hydrogen) atoms. The molecular weight excluding hydrogens is 344 g/mol.